The van der Waals surface area contributed by atoms with Gasteiger partial charge in [-0.3, -0.25) is 0 Å². The van der Waals surface area contributed by atoms with Crippen LogP contribution in [0.4, 0.5) is 13.2 Å². The van der Waals surface area contributed by atoms with Gasteiger partial charge in [0.1, 0.15) is 0 Å². The second kappa shape index (κ2) is 9.49. The second-order valence-corrected chi connectivity index (χ2v) is 11.3. The molecule has 3 aromatic rings. The normalized spacial score (nSPS) is 14.5. The quantitative estimate of drug-likeness (QED) is 0.477. The van der Waals surface area contributed by atoms with Gasteiger partial charge in [-0.05, 0) is 43.7 Å². The average molecular weight is 513 g/mol. The molecule has 0 fully saturated rings. The van der Waals surface area contributed by atoms with Crippen molar-refractivity contribution in [2.45, 2.75) is 35.4 Å². The fourth-order valence-corrected chi connectivity index (χ4v) is 5.70. The standard InChI is InChI=1S/C23H23F3N2O4S2/c1-17-8-12-20(13-9-17)33(29,30)27-16-22(23(24,25)26,19-6-4-3-5-7-19)28-34(31,32)21-14-10-18(2)11-15-21/h3-15,27-28H,16H2,1-2H3. The first-order valence-corrected chi connectivity index (χ1v) is 13.0. The van der Waals surface area contributed by atoms with Gasteiger partial charge < -0.3 is 0 Å². The lowest BCUT2D eigenvalue weighted by atomic mass is 9.90. The monoisotopic (exact) mass is 512 g/mol. The Kier molecular flexibility index (Phi) is 7.23. The Hall–Kier alpha value is -2.73. The van der Waals surface area contributed by atoms with E-state index in [0.29, 0.717) is 0 Å². The van der Waals surface area contributed by atoms with Gasteiger partial charge in [-0.1, -0.05) is 65.7 Å². The predicted molar refractivity (Wildman–Crippen MR) is 122 cm³/mol. The molecule has 0 saturated carbocycles. The summed E-state index contributed by atoms with van der Waals surface area (Å²) < 4.78 is 99.2. The lowest BCUT2D eigenvalue weighted by Crippen LogP contribution is -2.61. The predicted octanol–water partition coefficient (Wildman–Crippen LogP) is 4.02. The van der Waals surface area contributed by atoms with Crippen molar-refractivity contribution in [2.24, 2.45) is 0 Å². The Morgan fingerprint density at radius 2 is 1.12 bits per heavy atom. The minimum absolute atomic E-state index is 0.247. The third kappa shape index (κ3) is 5.49. The summed E-state index contributed by atoms with van der Waals surface area (Å²) in [7, 11) is -9.10. The van der Waals surface area contributed by atoms with Gasteiger partial charge in [0.15, 0.2) is 5.54 Å². The highest BCUT2D eigenvalue weighted by Crippen LogP contribution is 2.40. The zero-order chi connectivity index (χ0) is 25.2. The van der Waals surface area contributed by atoms with Crippen molar-refractivity contribution in [1.82, 2.24) is 9.44 Å². The van der Waals surface area contributed by atoms with Crippen molar-refractivity contribution >= 4 is 20.0 Å². The van der Waals surface area contributed by atoms with Crippen LogP contribution in [0.25, 0.3) is 0 Å². The lowest BCUT2D eigenvalue weighted by molar-refractivity contribution is -0.192. The van der Waals surface area contributed by atoms with Crippen molar-refractivity contribution in [1.29, 1.82) is 0 Å². The highest BCUT2D eigenvalue weighted by molar-refractivity contribution is 7.90. The van der Waals surface area contributed by atoms with Gasteiger partial charge in [0.05, 0.1) is 9.79 Å². The average Bonchev–Trinajstić information content (AvgIpc) is 2.77. The summed E-state index contributed by atoms with van der Waals surface area (Å²) in [6, 6.07) is 17.0. The van der Waals surface area contributed by atoms with Crippen molar-refractivity contribution in [3.63, 3.8) is 0 Å². The molecule has 0 aromatic heterocycles. The molecular weight excluding hydrogens is 489 g/mol. The SMILES string of the molecule is Cc1ccc(S(=O)(=O)NCC(NS(=O)(=O)c2ccc(C)cc2)(c2ccccc2)C(F)(F)F)cc1. The maximum atomic E-state index is 14.6. The maximum Gasteiger partial charge on any atom is 0.413 e. The highest BCUT2D eigenvalue weighted by Gasteiger charge is 2.58. The summed E-state index contributed by atoms with van der Waals surface area (Å²) in [5.74, 6) is 0. The first-order valence-electron chi connectivity index (χ1n) is 10.1. The van der Waals surface area contributed by atoms with Crippen LogP contribution in [0.1, 0.15) is 16.7 Å². The van der Waals surface area contributed by atoms with E-state index in [1.807, 2.05) is 4.72 Å². The fourth-order valence-electron chi connectivity index (χ4n) is 3.25. The van der Waals surface area contributed by atoms with Crippen LogP contribution in [0, 0.1) is 13.8 Å². The smallest absolute Gasteiger partial charge is 0.209 e. The molecule has 1 unspecified atom stereocenters. The molecule has 2 N–H and O–H groups in total. The Morgan fingerprint density at radius 1 is 0.676 bits per heavy atom. The number of aryl methyl sites for hydroxylation is 2. The van der Waals surface area contributed by atoms with Crippen LogP contribution in [0.5, 0.6) is 0 Å². The van der Waals surface area contributed by atoms with Crippen LogP contribution in [-0.2, 0) is 25.6 Å². The first kappa shape index (κ1) is 25.9. The number of hydrogen-bond acceptors (Lipinski definition) is 4. The molecule has 11 heteroatoms. The van der Waals surface area contributed by atoms with E-state index in [-0.39, 0.29) is 9.79 Å². The molecular formula is C23H23F3N2O4S2. The zero-order valence-corrected chi connectivity index (χ0v) is 19.9. The molecule has 0 amide bonds. The van der Waals surface area contributed by atoms with Crippen LogP contribution in [0.3, 0.4) is 0 Å². The first-order chi connectivity index (χ1) is 15.8. The molecule has 6 nitrogen and oxygen atoms in total. The van der Waals surface area contributed by atoms with Crippen LogP contribution in [0.15, 0.2) is 88.7 Å². The van der Waals surface area contributed by atoms with Crippen molar-refractivity contribution in [3.8, 4) is 0 Å². The van der Waals surface area contributed by atoms with Crippen LogP contribution >= 0.6 is 0 Å². The van der Waals surface area contributed by atoms with Gasteiger partial charge in [0.25, 0.3) is 0 Å². The highest BCUT2D eigenvalue weighted by atomic mass is 32.2. The zero-order valence-electron chi connectivity index (χ0n) is 18.3. The van der Waals surface area contributed by atoms with E-state index in [0.717, 1.165) is 23.3 Å². The maximum absolute atomic E-state index is 14.6. The van der Waals surface area contributed by atoms with Gasteiger partial charge in [0, 0.05) is 6.54 Å². The number of halogens is 3. The van der Waals surface area contributed by atoms with E-state index in [2.05, 4.69) is 0 Å². The summed E-state index contributed by atoms with van der Waals surface area (Å²) in [4.78, 5) is -0.632. The van der Waals surface area contributed by atoms with Crippen molar-refractivity contribution in [3.05, 3.63) is 95.6 Å². The van der Waals surface area contributed by atoms with Gasteiger partial charge in [-0.15, -0.1) is 0 Å². The second-order valence-electron chi connectivity index (χ2n) is 7.83. The van der Waals surface area contributed by atoms with Crippen molar-refractivity contribution < 1.29 is 30.0 Å². The molecule has 0 saturated heterocycles. The number of benzene rings is 3. The van der Waals surface area contributed by atoms with Crippen LogP contribution in [-0.4, -0.2) is 29.6 Å². The summed E-state index contributed by atoms with van der Waals surface area (Å²) in [6.45, 7) is 2.13. The molecule has 3 rings (SSSR count). The Morgan fingerprint density at radius 3 is 1.56 bits per heavy atom. The molecule has 34 heavy (non-hydrogen) atoms. The molecule has 0 bridgehead atoms. The largest absolute Gasteiger partial charge is 0.413 e. The number of nitrogens with one attached hydrogen (secondary N) is 2. The molecule has 182 valence electrons. The molecule has 3 aromatic carbocycles. The summed E-state index contributed by atoms with van der Waals surface area (Å²) in [5, 5.41) is 0. The number of alkyl halides is 3. The van der Waals surface area contributed by atoms with E-state index in [9.17, 15) is 30.0 Å². The van der Waals surface area contributed by atoms with E-state index < -0.39 is 43.9 Å². The summed E-state index contributed by atoms with van der Waals surface area (Å²) in [5.41, 5.74) is -2.27. The van der Waals surface area contributed by atoms with E-state index in [4.69, 9.17) is 0 Å². The number of sulfonamides is 2. The summed E-state index contributed by atoms with van der Waals surface area (Å²) in [6.07, 6.45) is -5.21. The van der Waals surface area contributed by atoms with Gasteiger partial charge >= 0.3 is 6.18 Å². The lowest BCUT2D eigenvalue weighted by Gasteiger charge is -2.36. The number of hydrogen-bond donors (Lipinski definition) is 2. The Balaban J connectivity index is 2.09. The van der Waals surface area contributed by atoms with E-state index >= 15 is 0 Å². The Labute approximate surface area is 196 Å². The van der Waals surface area contributed by atoms with E-state index in [1.54, 1.807) is 18.6 Å². The molecule has 0 heterocycles. The minimum atomic E-state index is -5.21. The molecule has 1 atom stereocenters. The molecule has 0 spiro atoms. The van der Waals surface area contributed by atoms with Crippen LogP contribution in [0.2, 0.25) is 0 Å². The summed E-state index contributed by atoms with van der Waals surface area (Å²) >= 11 is 0. The van der Waals surface area contributed by atoms with E-state index in [1.165, 1.54) is 66.7 Å². The molecule has 0 radical (unpaired) electrons. The molecule has 0 aliphatic rings. The minimum Gasteiger partial charge on any atom is -0.209 e. The van der Waals surface area contributed by atoms with Gasteiger partial charge in [-0.2, -0.15) is 17.9 Å². The van der Waals surface area contributed by atoms with Gasteiger partial charge in [0.2, 0.25) is 20.0 Å². The topological polar surface area (TPSA) is 92.3 Å². The Bertz CT molecular complexity index is 1340. The van der Waals surface area contributed by atoms with Crippen molar-refractivity contribution in [2.75, 3.05) is 6.54 Å². The number of rotatable bonds is 8. The molecule has 0 aliphatic carbocycles. The van der Waals surface area contributed by atoms with Crippen LogP contribution < -0.4 is 9.44 Å². The third-order valence-electron chi connectivity index (χ3n) is 5.25. The fraction of sp³-hybridized carbons (Fsp3) is 0.217. The molecule has 0 aliphatic heterocycles. The van der Waals surface area contributed by atoms with Gasteiger partial charge in [-0.25, -0.2) is 21.6 Å². The third-order valence-corrected chi connectivity index (χ3v) is 8.18.